The summed E-state index contributed by atoms with van der Waals surface area (Å²) in [6.07, 6.45) is 1.80. The van der Waals surface area contributed by atoms with Gasteiger partial charge in [0, 0.05) is 31.9 Å². The van der Waals surface area contributed by atoms with E-state index >= 15 is 0 Å². The van der Waals surface area contributed by atoms with Crippen LogP contribution in [0.1, 0.15) is 16.1 Å². The smallest absolute Gasteiger partial charge is 0.255 e. The number of hydrogen-bond donors (Lipinski definition) is 3. The number of carbonyl (C=O) groups is 1. The van der Waals surface area contributed by atoms with Gasteiger partial charge in [-0.15, -0.1) is 0 Å². The highest BCUT2D eigenvalue weighted by Gasteiger charge is 2.13. The van der Waals surface area contributed by atoms with E-state index in [-0.39, 0.29) is 5.91 Å². The predicted octanol–water partition coefficient (Wildman–Crippen LogP) is 1.82. The number of hydrogen-bond acceptors (Lipinski definition) is 4. The van der Waals surface area contributed by atoms with E-state index in [2.05, 4.69) is 21.0 Å². The molecule has 104 valence electrons. The van der Waals surface area contributed by atoms with Gasteiger partial charge in [-0.25, -0.2) is 0 Å². The molecule has 1 aromatic carbocycles. The second-order valence-electron chi connectivity index (χ2n) is 4.87. The van der Waals surface area contributed by atoms with Crippen molar-refractivity contribution in [3.63, 3.8) is 0 Å². The molecule has 20 heavy (non-hydrogen) atoms. The maximum atomic E-state index is 12.3. The Kier molecular flexibility index (Phi) is 3.06. The molecule has 0 saturated heterocycles. The van der Waals surface area contributed by atoms with Crippen molar-refractivity contribution in [2.45, 2.75) is 6.92 Å². The Labute approximate surface area is 117 Å². The SMILES string of the molecule is Cc1nn(C)cc1NC(=O)c1ccc2c(c1)NCCN2. The van der Waals surface area contributed by atoms with E-state index in [0.717, 1.165) is 35.8 Å². The van der Waals surface area contributed by atoms with E-state index in [0.29, 0.717) is 5.56 Å². The first-order valence-corrected chi connectivity index (χ1v) is 6.57. The molecule has 1 aromatic heterocycles. The second-order valence-corrected chi connectivity index (χ2v) is 4.87. The summed E-state index contributed by atoms with van der Waals surface area (Å²) in [4.78, 5) is 12.3. The number of amides is 1. The number of anilines is 3. The first kappa shape index (κ1) is 12.5. The molecule has 2 aromatic rings. The number of aromatic nitrogens is 2. The van der Waals surface area contributed by atoms with Crippen molar-refractivity contribution < 1.29 is 4.79 Å². The summed E-state index contributed by atoms with van der Waals surface area (Å²) in [5, 5.41) is 13.7. The van der Waals surface area contributed by atoms with E-state index in [4.69, 9.17) is 0 Å². The Morgan fingerprint density at radius 2 is 2.05 bits per heavy atom. The maximum Gasteiger partial charge on any atom is 0.255 e. The molecule has 2 heterocycles. The monoisotopic (exact) mass is 271 g/mol. The Hall–Kier alpha value is -2.50. The van der Waals surface area contributed by atoms with Crippen LogP contribution in [0.4, 0.5) is 17.1 Å². The van der Waals surface area contributed by atoms with Crippen LogP contribution < -0.4 is 16.0 Å². The highest BCUT2D eigenvalue weighted by Crippen LogP contribution is 2.25. The summed E-state index contributed by atoms with van der Waals surface area (Å²) >= 11 is 0. The normalized spacial score (nSPS) is 13.1. The number of benzene rings is 1. The minimum Gasteiger partial charge on any atom is -0.382 e. The van der Waals surface area contributed by atoms with Crippen molar-refractivity contribution >= 4 is 23.0 Å². The quantitative estimate of drug-likeness (QED) is 0.779. The van der Waals surface area contributed by atoms with Crippen molar-refractivity contribution in [1.82, 2.24) is 9.78 Å². The molecule has 1 aliphatic rings. The summed E-state index contributed by atoms with van der Waals surface area (Å²) in [6, 6.07) is 5.61. The zero-order valence-corrected chi connectivity index (χ0v) is 11.5. The fourth-order valence-corrected chi connectivity index (χ4v) is 2.30. The summed E-state index contributed by atoms with van der Waals surface area (Å²) in [5.74, 6) is -0.128. The minimum atomic E-state index is -0.128. The van der Waals surface area contributed by atoms with Crippen molar-refractivity contribution in [3.05, 3.63) is 35.7 Å². The zero-order valence-electron chi connectivity index (χ0n) is 11.5. The Morgan fingerprint density at radius 1 is 1.30 bits per heavy atom. The third-order valence-corrected chi connectivity index (χ3v) is 3.30. The lowest BCUT2D eigenvalue weighted by atomic mass is 10.1. The van der Waals surface area contributed by atoms with E-state index in [1.165, 1.54) is 0 Å². The third-order valence-electron chi connectivity index (χ3n) is 3.30. The molecule has 0 aliphatic carbocycles. The largest absolute Gasteiger partial charge is 0.382 e. The van der Waals surface area contributed by atoms with Gasteiger partial charge in [-0.2, -0.15) is 5.10 Å². The van der Waals surface area contributed by atoms with Crippen LogP contribution in [0, 0.1) is 6.92 Å². The standard InChI is InChI=1S/C14H17N5O/c1-9-13(8-19(2)18-9)17-14(20)10-3-4-11-12(7-10)16-6-5-15-11/h3-4,7-8,15-16H,5-6H2,1-2H3,(H,17,20). The molecule has 0 saturated carbocycles. The molecule has 6 nitrogen and oxygen atoms in total. The summed E-state index contributed by atoms with van der Waals surface area (Å²) < 4.78 is 1.68. The predicted molar refractivity (Wildman–Crippen MR) is 79.3 cm³/mol. The first-order chi connectivity index (χ1) is 9.63. The van der Waals surface area contributed by atoms with Crippen molar-refractivity contribution in [2.75, 3.05) is 29.0 Å². The van der Waals surface area contributed by atoms with Gasteiger partial charge in [0.25, 0.3) is 5.91 Å². The highest BCUT2D eigenvalue weighted by atomic mass is 16.1. The van der Waals surface area contributed by atoms with Gasteiger partial charge < -0.3 is 16.0 Å². The van der Waals surface area contributed by atoms with E-state index in [1.807, 2.05) is 32.2 Å². The van der Waals surface area contributed by atoms with Crippen molar-refractivity contribution in [2.24, 2.45) is 7.05 Å². The van der Waals surface area contributed by atoms with Crippen LogP contribution in [0.15, 0.2) is 24.4 Å². The molecule has 3 rings (SSSR count). The van der Waals surface area contributed by atoms with Crippen LogP contribution in [-0.2, 0) is 7.05 Å². The Bertz CT molecular complexity index is 662. The van der Waals surface area contributed by atoms with Gasteiger partial charge in [0.1, 0.15) is 0 Å². The van der Waals surface area contributed by atoms with Crippen LogP contribution in [0.2, 0.25) is 0 Å². The lowest BCUT2D eigenvalue weighted by molar-refractivity contribution is 0.102. The van der Waals surface area contributed by atoms with Gasteiger partial charge in [-0.3, -0.25) is 9.48 Å². The van der Waals surface area contributed by atoms with Crippen LogP contribution in [0.5, 0.6) is 0 Å². The van der Waals surface area contributed by atoms with Crippen molar-refractivity contribution in [3.8, 4) is 0 Å². The topological polar surface area (TPSA) is 71.0 Å². The molecule has 6 heteroatoms. The third kappa shape index (κ3) is 2.32. The van der Waals surface area contributed by atoms with Gasteiger partial charge in [0.2, 0.25) is 0 Å². The van der Waals surface area contributed by atoms with Gasteiger partial charge in [-0.05, 0) is 25.1 Å². The lowest BCUT2D eigenvalue weighted by Crippen LogP contribution is -2.21. The molecular weight excluding hydrogens is 254 g/mol. The minimum absolute atomic E-state index is 0.128. The molecule has 0 fully saturated rings. The van der Waals surface area contributed by atoms with E-state index in [9.17, 15) is 4.79 Å². The van der Waals surface area contributed by atoms with Crippen molar-refractivity contribution in [1.29, 1.82) is 0 Å². The van der Waals surface area contributed by atoms with Crippen LogP contribution in [0.25, 0.3) is 0 Å². The molecule has 1 aliphatic heterocycles. The van der Waals surface area contributed by atoms with Gasteiger partial charge in [0.15, 0.2) is 0 Å². The first-order valence-electron chi connectivity index (χ1n) is 6.57. The zero-order chi connectivity index (χ0) is 14.1. The number of nitrogens with zero attached hydrogens (tertiary/aromatic N) is 2. The molecule has 0 radical (unpaired) electrons. The number of aryl methyl sites for hydroxylation is 2. The Morgan fingerprint density at radius 3 is 2.75 bits per heavy atom. The maximum absolute atomic E-state index is 12.3. The molecule has 0 bridgehead atoms. The molecule has 0 atom stereocenters. The summed E-state index contributed by atoms with van der Waals surface area (Å²) in [7, 11) is 1.83. The molecule has 0 spiro atoms. The van der Waals surface area contributed by atoms with Crippen LogP contribution >= 0.6 is 0 Å². The van der Waals surface area contributed by atoms with Crippen LogP contribution in [-0.4, -0.2) is 28.8 Å². The molecule has 3 N–H and O–H groups in total. The number of carbonyl (C=O) groups excluding carboxylic acids is 1. The average Bonchev–Trinajstić information content (AvgIpc) is 2.76. The van der Waals surface area contributed by atoms with E-state index in [1.54, 1.807) is 10.9 Å². The lowest BCUT2D eigenvalue weighted by Gasteiger charge is -2.20. The summed E-state index contributed by atoms with van der Waals surface area (Å²) in [6.45, 7) is 3.63. The van der Waals surface area contributed by atoms with E-state index < -0.39 is 0 Å². The molecule has 1 amide bonds. The van der Waals surface area contributed by atoms with Gasteiger partial charge >= 0.3 is 0 Å². The fourth-order valence-electron chi connectivity index (χ4n) is 2.30. The fraction of sp³-hybridized carbons (Fsp3) is 0.286. The second kappa shape index (κ2) is 4.88. The summed E-state index contributed by atoms with van der Waals surface area (Å²) in [5.41, 5.74) is 4.17. The number of fused-ring (bicyclic) bond motifs is 1. The molecular formula is C14H17N5O. The van der Waals surface area contributed by atoms with Crippen LogP contribution in [0.3, 0.4) is 0 Å². The van der Waals surface area contributed by atoms with Gasteiger partial charge in [0.05, 0.1) is 22.8 Å². The highest BCUT2D eigenvalue weighted by molar-refractivity contribution is 6.05. The Balaban J connectivity index is 1.82. The molecule has 0 unspecified atom stereocenters. The van der Waals surface area contributed by atoms with Gasteiger partial charge in [-0.1, -0.05) is 0 Å². The average molecular weight is 271 g/mol. The number of rotatable bonds is 2. The number of nitrogens with one attached hydrogen (secondary N) is 3.